The van der Waals surface area contributed by atoms with Gasteiger partial charge in [-0.05, 0) is 44.6 Å². The third-order valence-corrected chi connectivity index (χ3v) is 4.53. The minimum atomic E-state index is 0.544. The summed E-state index contributed by atoms with van der Waals surface area (Å²) >= 11 is 5.92. The van der Waals surface area contributed by atoms with Gasteiger partial charge in [-0.2, -0.15) is 5.26 Å². The molecule has 1 aromatic heterocycles. The first kappa shape index (κ1) is 14.4. The van der Waals surface area contributed by atoms with Gasteiger partial charge in [0.05, 0.1) is 22.7 Å². The Morgan fingerprint density at radius 3 is 3.00 bits per heavy atom. The van der Waals surface area contributed by atoms with E-state index in [9.17, 15) is 0 Å². The molecule has 3 rings (SSSR count). The van der Waals surface area contributed by atoms with Crippen molar-refractivity contribution in [2.75, 3.05) is 19.5 Å². The SMILES string of the molecule is CN1CCCC1Cn1c(CCCl)nc2ccc(C#N)cc21. The summed E-state index contributed by atoms with van der Waals surface area (Å²) in [7, 11) is 2.18. The van der Waals surface area contributed by atoms with Gasteiger partial charge in [-0.1, -0.05) is 0 Å². The smallest absolute Gasteiger partial charge is 0.111 e. The van der Waals surface area contributed by atoms with Crippen molar-refractivity contribution in [1.29, 1.82) is 5.26 Å². The van der Waals surface area contributed by atoms with E-state index in [0.717, 1.165) is 36.4 Å². The summed E-state index contributed by atoms with van der Waals surface area (Å²) in [6.07, 6.45) is 3.23. The molecule has 2 aromatic rings. The lowest BCUT2D eigenvalue weighted by Crippen LogP contribution is -2.30. The quantitative estimate of drug-likeness (QED) is 0.816. The Kier molecular flexibility index (Phi) is 4.14. The molecule has 1 aromatic carbocycles. The Labute approximate surface area is 129 Å². The highest BCUT2D eigenvalue weighted by Crippen LogP contribution is 2.23. The van der Waals surface area contributed by atoms with Crippen molar-refractivity contribution in [1.82, 2.24) is 14.5 Å². The van der Waals surface area contributed by atoms with Crippen LogP contribution in [0.5, 0.6) is 0 Å². The normalized spacial score (nSPS) is 19.2. The highest BCUT2D eigenvalue weighted by Gasteiger charge is 2.23. The standard InChI is InChI=1S/C16H19ClN4/c1-20-8-2-3-13(20)11-21-15-9-12(10-18)4-5-14(15)19-16(21)6-7-17/h4-5,9,13H,2-3,6-8,11H2,1H3. The first-order valence-corrected chi connectivity index (χ1v) is 7.92. The van der Waals surface area contributed by atoms with Crippen molar-refractivity contribution in [3.05, 3.63) is 29.6 Å². The molecule has 1 unspecified atom stereocenters. The molecule has 0 saturated carbocycles. The van der Waals surface area contributed by atoms with E-state index < -0.39 is 0 Å². The molecule has 110 valence electrons. The second-order valence-electron chi connectivity index (χ2n) is 5.67. The van der Waals surface area contributed by atoms with E-state index in [1.54, 1.807) is 0 Å². The van der Waals surface area contributed by atoms with Gasteiger partial charge >= 0.3 is 0 Å². The van der Waals surface area contributed by atoms with Crippen molar-refractivity contribution in [2.45, 2.75) is 31.8 Å². The number of alkyl halides is 1. The summed E-state index contributed by atoms with van der Waals surface area (Å²) in [4.78, 5) is 7.10. The fraction of sp³-hybridized carbons (Fsp3) is 0.500. The summed E-state index contributed by atoms with van der Waals surface area (Å²) in [5, 5.41) is 9.12. The van der Waals surface area contributed by atoms with Crippen molar-refractivity contribution in [3.63, 3.8) is 0 Å². The number of fused-ring (bicyclic) bond motifs is 1. The number of likely N-dealkylation sites (N-methyl/N-ethyl adjacent to an activating group) is 1. The maximum atomic E-state index is 9.12. The fourth-order valence-corrected chi connectivity index (χ4v) is 3.31. The van der Waals surface area contributed by atoms with Gasteiger partial charge in [0.1, 0.15) is 5.82 Å². The Hall–Kier alpha value is -1.57. The predicted molar refractivity (Wildman–Crippen MR) is 84.5 cm³/mol. The van der Waals surface area contributed by atoms with E-state index in [4.69, 9.17) is 21.8 Å². The number of aromatic nitrogens is 2. The predicted octanol–water partition coefficient (Wildman–Crippen LogP) is 2.78. The van der Waals surface area contributed by atoms with E-state index >= 15 is 0 Å². The number of likely N-dealkylation sites (tertiary alicyclic amines) is 1. The molecule has 0 spiro atoms. The van der Waals surface area contributed by atoms with Gasteiger partial charge in [0.2, 0.25) is 0 Å². The molecule has 1 aliphatic rings. The van der Waals surface area contributed by atoms with Crippen LogP contribution in [0.15, 0.2) is 18.2 Å². The molecule has 1 fully saturated rings. The van der Waals surface area contributed by atoms with Crippen LogP contribution in [0.25, 0.3) is 11.0 Å². The zero-order chi connectivity index (χ0) is 14.8. The maximum Gasteiger partial charge on any atom is 0.111 e. The topological polar surface area (TPSA) is 44.9 Å². The Balaban J connectivity index is 2.03. The molecular formula is C16H19ClN4. The Morgan fingerprint density at radius 2 is 2.33 bits per heavy atom. The number of aryl methyl sites for hydroxylation is 1. The van der Waals surface area contributed by atoms with Crippen LogP contribution in [0.1, 0.15) is 24.2 Å². The number of benzene rings is 1. The van der Waals surface area contributed by atoms with Crippen LogP contribution in [0, 0.1) is 11.3 Å². The number of rotatable bonds is 4. The Morgan fingerprint density at radius 1 is 1.48 bits per heavy atom. The van der Waals surface area contributed by atoms with Gasteiger partial charge < -0.3 is 9.47 Å². The Bertz CT molecular complexity index is 685. The first-order valence-electron chi connectivity index (χ1n) is 7.38. The number of imidazole rings is 1. The number of nitrogens with zero attached hydrogens (tertiary/aromatic N) is 4. The van der Waals surface area contributed by atoms with Crippen LogP contribution < -0.4 is 0 Å². The zero-order valence-electron chi connectivity index (χ0n) is 12.2. The lowest BCUT2D eigenvalue weighted by molar-refractivity contribution is 0.282. The maximum absolute atomic E-state index is 9.12. The van der Waals surface area contributed by atoms with Crippen LogP contribution >= 0.6 is 11.6 Å². The summed E-state index contributed by atoms with van der Waals surface area (Å²) in [6.45, 7) is 2.08. The molecule has 1 saturated heterocycles. The minimum Gasteiger partial charge on any atom is -0.326 e. The van der Waals surface area contributed by atoms with Crippen molar-refractivity contribution in [3.8, 4) is 6.07 Å². The van der Waals surface area contributed by atoms with Crippen LogP contribution in [0.4, 0.5) is 0 Å². The first-order chi connectivity index (χ1) is 10.2. The van der Waals surface area contributed by atoms with Crippen LogP contribution in [-0.2, 0) is 13.0 Å². The van der Waals surface area contributed by atoms with Gasteiger partial charge in [0, 0.05) is 24.9 Å². The summed E-state index contributed by atoms with van der Waals surface area (Å²) in [5.74, 6) is 1.59. The molecule has 0 bridgehead atoms. The highest BCUT2D eigenvalue weighted by atomic mass is 35.5. The van der Waals surface area contributed by atoms with Gasteiger partial charge in [-0.3, -0.25) is 0 Å². The van der Waals surface area contributed by atoms with Gasteiger partial charge in [0.15, 0.2) is 0 Å². The second-order valence-corrected chi connectivity index (χ2v) is 6.05. The largest absolute Gasteiger partial charge is 0.326 e. The molecule has 0 amide bonds. The average molecular weight is 303 g/mol. The van der Waals surface area contributed by atoms with E-state index in [-0.39, 0.29) is 0 Å². The molecule has 5 heteroatoms. The third-order valence-electron chi connectivity index (χ3n) is 4.34. The van der Waals surface area contributed by atoms with E-state index in [1.165, 1.54) is 12.8 Å². The van der Waals surface area contributed by atoms with Gasteiger partial charge in [0.25, 0.3) is 0 Å². The summed E-state index contributed by atoms with van der Waals surface area (Å²) in [5.41, 5.74) is 2.69. The van der Waals surface area contributed by atoms with E-state index in [2.05, 4.69) is 22.6 Å². The van der Waals surface area contributed by atoms with Crippen molar-refractivity contribution < 1.29 is 0 Å². The second kappa shape index (κ2) is 6.05. The molecule has 0 N–H and O–H groups in total. The lowest BCUT2D eigenvalue weighted by Gasteiger charge is -2.21. The molecule has 0 radical (unpaired) electrons. The van der Waals surface area contributed by atoms with E-state index in [0.29, 0.717) is 17.5 Å². The van der Waals surface area contributed by atoms with Crippen molar-refractivity contribution in [2.24, 2.45) is 0 Å². The van der Waals surface area contributed by atoms with Gasteiger partial charge in [-0.15, -0.1) is 11.6 Å². The van der Waals surface area contributed by atoms with Crippen LogP contribution in [0.2, 0.25) is 0 Å². The minimum absolute atomic E-state index is 0.544. The number of nitriles is 1. The van der Waals surface area contributed by atoms with Crippen LogP contribution in [0.3, 0.4) is 0 Å². The van der Waals surface area contributed by atoms with E-state index in [1.807, 2.05) is 18.2 Å². The highest BCUT2D eigenvalue weighted by molar-refractivity contribution is 6.17. The number of hydrogen-bond acceptors (Lipinski definition) is 3. The fourth-order valence-electron chi connectivity index (χ4n) is 3.14. The summed E-state index contributed by atoms with van der Waals surface area (Å²) in [6, 6.07) is 8.45. The molecule has 0 aliphatic carbocycles. The zero-order valence-corrected chi connectivity index (χ0v) is 13.0. The van der Waals surface area contributed by atoms with Crippen molar-refractivity contribution >= 4 is 22.6 Å². The van der Waals surface area contributed by atoms with Gasteiger partial charge in [-0.25, -0.2) is 4.98 Å². The molecule has 21 heavy (non-hydrogen) atoms. The monoisotopic (exact) mass is 302 g/mol. The molecule has 1 aliphatic heterocycles. The number of hydrogen-bond donors (Lipinski definition) is 0. The third kappa shape index (κ3) is 2.76. The molecule has 4 nitrogen and oxygen atoms in total. The summed E-state index contributed by atoms with van der Waals surface area (Å²) < 4.78 is 2.26. The molecular weight excluding hydrogens is 284 g/mol. The molecule has 2 heterocycles. The lowest BCUT2D eigenvalue weighted by atomic mass is 10.2. The molecule has 1 atom stereocenters. The van der Waals surface area contributed by atoms with Crippen LogP contribution in [-0.4, -0.2) is 40.0 Å². The number of halogens is 1. The average Bonchev–Trinajstić information content (AvgIpc) is 3.04.